The highest BCUT2D eigenvalue weighted by molar-refractivity contribution is 7.99. The Kier molecular flexibility index (Phi) is 5.67. The van der Waals surface area contributed by atoms with Crippen LogP contribution in [0, 0.1) is 27.7 Å². The van der Waals surface area contributed by atoms with E-state index >= 15 is 0 Å². The van der Waals surface area contributed by atoms with Gasteiger partial charge in [-0.1, -0.05) is 35.9 Å². The lowest BCUT2D eigenvalue weighted by Gasteiger charge is -2.10. The van der Waals surface area contributed by atoms with Crippen LogP contribution in [0.2, 0.25) is 0 Å². The van der Waals surface area contributed by atoms with Crippen LogP contribution in [-0.2, 0) is 10.5 Å². The molecule has 2 rings (SSSR count). The maximum Gasteiger partial charge on any atom is 0.234 e. The molecule has 2 aromatic carbocycles. The summed E-state index contributed by atoms with van der Waals surface area (Å²) in [5, 5.41) is 3.00. The minimum absolute atomic E-state index is 0.0593. The number of hydrogen-bond acceptors (Lipinski definition) is 2. The Balaban J connectivity index is 1.88. The number of carbonyl (C=O) groups is 1. The second kappa shape index (κ2) is 7.50. The van der Waals surface area contributed by atoms with Crippen molar-refractivity contribution >= 4 is 23.4 Å². The summed E-state index contributed by atoms with van der Waals surface area (Å²) >= 11 is 1.65. The third-order valence-corrected chi connectivity index (χ3v) is 4.64. The lowest BCUT2D eigenvalue weighted by atomic mass is 10.1. The van der Waals surface area contributed by atoms with E-state index in [9.17, 15) is 4.79 Å². The first kappa shape index (κ1) is 16.6. The van der Waals surface area contributed by atoms with Gasteiger partial charge in [0.15, 0.2) is 0 Å². The van der Waals surface area contributed by atoms with Crippen LogP contribution in [0.25, 0.3) is 0 Å². The molecule has 0 aliphatic heterocycles. The fourth-order valence-electron chi connectivity index (χ4n) is 2.27. The third-order valence-electron chi connectivity index (χ3n) is 3.66. The SMILES string of the molecule is Cc1ccc(C)c(CSCC(=O)Nc2cc(C)ccc2C)c1. The molecule has 0 aliphatic rings. The predicted octanol–water partition coefficient (Wildman–Crippen LogP) is 4.79. The molecule has 0 saturated carbocycles. The molecular weight excluding hydrogens is 290 g/mol. The molecule has 0 heterocycles. The minimum Gasteiger partial charge on any atom is -0.325 e. The minimum atomic E-state index is 0.0593. The Morgan fingerprint density at radius 1 is 0.955 bits per heavy atom. The van der Waals surface area contributed by atoms with Gasteiger partial charge in [0.25, 0.3) is 0 Å². The van der Waals surface area contributed by atoms with Crippen LogP contribution in [0.1, 0.15) is 27.8 Å². The average Bonchev–Trinajstić information content (AvgIpc) is 2.46. The summed E-state index contributed by atoms with van der Waals surface area (Å²) in [6.07, 6.45) is 0. The molecule has 0 saturated heterocycles. The molecular formula is C19H23NOS. The molecule has 0 radical (unpaired) electrons. The van der Waals surface area contributed by atoms with Crippen LogP contribution in [0.15, 0.2) is 36.4 Å². The normalized spacial score (nSPS) is 10.5. The van der Waals surface area contributed by atoms with Crippen LogP contribution in [0.4, 0.5) is 5.69 Å². The predicted molar refractivity (Wildman–Crippen MR) is 96.6 cm³/mol. The van der Waals surface area contributed by atoms with Crippen LogP contribution >= 0.6 is 11.8 Å². The van der Waals surface area contributed by atoms with Gasteiger partial charge in [-0.25, -0.2) is 0 Å². The Morgan fingerprint density at radius 2 is 1.59 bits per heavy atom. The third kappa shape index (κ3) is 4.63. The van der Waals surface area contributed by atoms with Gasteiger partial charge in [0, 0.05) is 11.4 Å². The zero-order valence-electron chi connectivity index (χ0n) is 13.7. The molecule has 0 fully saturated rings. The van der Waals surface area contributed by atoms with Gasteiger partial charge in [0.05, 0.1) is 5.75 Å². The molecule has 0 spiro atoms. The van der Waals surface area contributed by atoms with Gasteiger partial charge in [-0.2, -0.15) is 0 Å². The van der Waals surface area contributed by atoms with Gasteiger partial charge in [-0.05, 0) is 56.0 Å². The largest absolute Gasteiger partial charge is 0.325 e. The molecule has 3 heteroatoms. The van der Waals surface area contributed by atoms with E-state index in [0.717, 1.165) is 22.6 Å². The Labute approximate surface area is 137 Å². The summed E-state index contributed by atoms with van der Waals surface area (Å²) < 4.78 is 0. The average molecular weight is 313 g/mol. The van der Waals surface area contributed by atoms with Gasteiger partial charge in [0.2, 0.25) is 5.91 Å². The highest BCUT2D eigenvalue weighted by atomic mass is 32.2. The number of aryl methyl sites for hydroxylation is 4. The van der Waals surface area contributed by atoms with Crippen molar-refractivity contribution in [3.63, 3.8) is 0 Å². The summed E-state index contributed by atoms with van der Waals surface area (Å²) in [5.41, 5.74) is 7.03. The molecule has 22 heavy (non-hydrogen) atoms. The van der Waals surface area contributed by atoms with Crippen molar-refractivity contribution in [1.29, 1.82) is 0 Å². The molecule has 0 aliphatic carbocycles. The number of amides is 1. The number of rotatable bonds is 5. The van der Waals surface area contributed by atoms with Crippen LogP contribution in [-0.4, -0.2) is 11.7 Å². The summed E-state index contributed by atoms with van der Waals surface area (Å²) in [5.74, 6) is 1.40. The van der Waals surface area contributed by atoms with Crippen molar-refractivity contribution < 1.29 is 4.79 Å². The summed E-state index contributed by atoms with van der Waals surface area (Å²) in [6, 6.07) is 12.6. The number of carbonyl (C=O) groups excluding carboxylic acids is 1. The number of thioether (sulfide) groups is 1. The number of nitrogens with one attached hydrogen (secondary N) is 1. The Hall–Kier alpha value is -1.74. The van der Waals surface area contributed by atoms with Crippen molar-refractivity contribution in [2.75, 3.05) is 11.1 Å². The first-order valence-corrected chi connectivity index (χ1v) is 8.62. The highest BCUT2D eigenvalue weighted by Gasteiger charge is 2.06. The number of benzene rings is 2. The van der Waals surface area contributed by atoms with E-state index in [2.05, 4.69) is 43.4 Å². The molecule has 0 aromatic heterocycles. The first-order valence-electron chi connectivity index (χ1n) is 7.46. The molecule has 1 N–H and O–H groups in total. The van der Waals surface area contributed by atoms with E-state index in [1.807, 2.05) is 26.0 Å². The summed E-state index contributed by atoms with van der Waals surface area (Å²) in [7, 11) is 0. The smallest absolute Gasteiger partial charge is 0.234 e. The van der Waals surface area contributed by atoms with E-state index in [-0.39, 0.29) is 5.91 Å². The molecule has 2 aromatic rings. The quantitative estimate of drug-likeness (QED) is 0.859. The lowest BCUT2D eigenvalue weighted by molar-refractivity contribution is -0.113. The molecule has 0 unspecified atom stereocenters. The Morgan fingerprint density at radius 3 is 2.32 bits per heavy atom. The topological polar surface area (TPSA) is 29.1 Å². The van der Waals surface area contributed by atoms with E-state index < -0.39 is 0 Å². The van der Waals surface area contributed by atoms with Gasteiger partial charge in [-0.3, -0.25) is 4.79 Å². The molecule has 0 bridgehead atoms. The number of hydrogen-bond donors (Lipinski definition) is 1. The monoisotopic (exact) mass is 313 g/mol. The van der Waals surface area contributed by atoms with Gasteiger partial charge >= 0.3 is 0 Å². The summed E-state index contributed by atoms with van der Waals surface area (Å²) in [4.78, 5) is 12.1. The van der Waals surface area contributed by atoms with Crippen LogP contribution < -0.4 is 5.32 Å². The summed E-state index contributed by atoms with van der Waals surface area (Å²) in [6.45, 7) is 8.26. The van der Waals surface area contributed by atoms with E-state index in [0.29, 0.717) is 5.75 Å². The second-order valence-corrected chi connectivity index (χ2v) is 6.77. The van der Waals surface area contributed by atoms with E-state index in [4.69, 9.17) is 0 Å². The van der Waals surface area contributed by atoms with Crippen LogP contribution in [0.3, 0.4) is 0 Å². The molecule has 116 valence electrons. The van der Waals surface area contributed by atoms with E-state index in [1.54, 1.807) is 11.8 Å². The zero-order valence-corrected chi connectivity index (χ0v) is 14.5. The highest BCUT2D eigenvalue weighted by Crippen LogP contribution is 2.19. The zero-order chi connectivity index (χ0) is 16.1. The van der Waals surface area contributed by atoms with Gasteiger partial charge < -0.3 is 5.32 Å². The number of anilines is 1. The molecule has 0 atom stereocenters. The van der Waals surface area contributed by atoms with Crippen molar-refractivity contribution in [2.45, 2.75) is 33.4 Å². The maximum atomic E-state index is 12.1. The second-order valence-electron chi connectivity index (χ2n) is 5.79. The van der Waals surface area contributed by atoms with Crippen molar-refractivity contribution in [2.24, 2.45) is 0 Å². The standard InChI is InChI=1S/C19H23NOS/c1-13-5-7-15(3)17(9-13)11-22-12-19(21)20-18-10-14(2)6-8-16(18)4/h5-10H,11-12H2,1-4H3,(H,20,21). The van der Waals surface area contributed by atoms with Crippen LogP contribution in [0.5, 0.6) is 0 Å². The Bertz CT molecular complexity index is 679. The lowest BCUT2D eigenvalue weighted by Crippen LogP contribution is -2.15. The van der Waals surface area contributed by atoms with E-state index in [1.165, 1.54) is 16.7 Å². The maximum absolute atomic E-state index is 12.1. The molecule has 1 amide bonds. The van der Waals surface area contributed by atoms with Gasteiger partial charge in [-0.15, -0.1) is 11.8 Å². The molecule has 2 nitrogen and oxygen atoms in total. The fraction of sp³-hybridized carbons (Fsp3) is 0.316. The van der Waals surface area contributed by atoms with Crippen molar-refractivity contribution in [3.8, 4) is 0 Å². The first-order chi connectivity index (χ1) is 10.5. The fourth-order valence-corrected chi connectivity index (χ4v) is 3.16. The van der Waals surface area contributed by atoms with Crippen molar-refractivity contribution in [1.82, 2.24) is 0 Å². The van der Waals surface area contributed by atoms with Crippen molar-refractivity contribution in [3.05, 3.63) is 64.2 Å². The van der Waals surface area contributed by atoms with Gasteiger partial charge in [0.1, 0.15) is 0 Å².